The largest absolute Gasteiger partial charge is 0.463 e. The number of nitrogens with zero attached hydrogens (tertiary/aromatic N) is 2. The fraction of sp³-hybridized carbons (Fsp3) is 0.133. The minimum absolute atomic E-state index is 0.551. The van der Waals surface area contributed by atoms with Gasteiger partial charge in [0.1, 0.15) is 11.4 Å². The van der Waals surface area contributed by atoms with E-state index in [0.717, 1.165) is 40.0 Å². The third kappa shape index (κ3) is 1.91. The molecular weight excluding hydrogens is 286 g/mol. The van der Waals surface area contributed by atoms with Gasteiger partial charge in [0, 0.05) is 11.8 Å². The first kappa shape index (κ1) is 12.4. The summed E-state index contributed by atoms with van der Waals surface area (Å²) in [5.74, 6) is 1.59. The minimum atomic E-state index is 0.551. The molecule has 0 amide bonds. The van der Waals surface area contributed by atoms with Crippen molar-refractivity contribution in [3.8, 4) is 22.9 Å². The van der Waals surface area contributed by atoms with Crippen LogP contribution in [0.15, 0.2) is 51.0 Å². The van der Waals surface area contributed by atoms with Gasteiger partial charge in [0.05, 0.1) is 18.2 Å². The van der Waals surface area contributed by atoms with Crippen molar-refractivity contribution in [3.05, 3.63) is 47.9 Å². The first-order valence-corrected chi connectivity index (χ1v) is 7.53. The fourth-order valence-corrected chi connectivity index (χ4v) is 3.39. The van der Waals surface area contributed by atoms with E-state index in [9.17, 15) is 0 Å². The molecule has 21 heavy (non-hydrogen) atoms. The van der Waals surface area contributed by atoms with E-state index in [1.807, 2.05) is 29.6 Å². The molecule has 4 aromatic rings. The maximum atomic E-state index is 5.78. The Morgan fingerprint density at radius 2 is 1.90 bits per heavy atom. The quantitative estimate of drug-likeness (QED) is 0.627. The molecule has 0 spiro atoms. The number of furan rings is 2. The van der Waals surface area contributed by atoms with Crippen LogP contribution in [0.25, 0.3) is 27.9 Å². The van der Waals surface area contributed by atoms with E-state index in [1.165, 1.54) is 0 Å². The number of thiazole rings is 1. The van der Waals surface area contributed by atoms with E-state index in [1.54, 1.807) is 23.9 Å². The molecule has 4 rings (SSSR count). The number of imidazole rings is 1. The van der Waals surface area contributed by atoms with E-state index >= 15 is 0 Å². The Balaban J connectivity index is 1.99. The van der Waals surface area contributed by atoms with E-state index < -0.39 is 0 Å². The molecule has 0 aliphatic carbocycles. The molecule has 0 aliphatic heterocycles. The van der Waals surface area contributed by atoms with Gasteiger partial charge in [-0.15, -0.1) is 11.3 Å². The van der Waals surface area contributed by atoms with E-state index in [-0.39, 0.29) is 0 Å². The van der Waals surface area contributed by atoms with Crippen LogP contribution < -0.4 is 5.73 Å². The highest BCUT2D eigenvalue weighted by atomic mass is 32.1. The Kier molecular flexibility index (Phi) is 2.90. The molecule has 4 heterocycles. The summed E-state index contributed by atoms with van der Waals surface area (Å²) in [6.45, 7) is 0.551. The van der Waals surface area contributed by atoms with Gasteiger partial charge in [-0.05, 0) is 30.8 Å². The van der Waals surface area contributed by atoms with Gasteiger partial charge in [0.15, 0.2) is 16.5 Å². The van der Waals surface area contributed by atoms with Gasteiger partial charge in [-0.2, -0.15) is 0 Å². The van der Waals surface area contributed by atoms with Crippen LogP contribution in [0, 0.1) is 0 Å². The highest BCUT2D eigenvalue weighted by molar-refractivity contribution is 7.15. The van der Waals surface area contributed by atoms with Gasteiger partial charge in [-0.3, -0.25) is 4.40 Å². The molecule has 0 bridgehead atoms. The van der Waals surface area contributed by atoms with Gasteiger partial charge in [-0.25, -0.2) is 4.98 Å². The topological polar surface area (TPSA) is 69.6 Å². The lowest BCUT2D eigenvalue weighted by Crippen LogP contribution is -2.06. The van der Waals surface area contributed by atoms with Crippen LogP contribution in [0.1, 0.15) is 5.69 Å². The summed E-state index contributed by atoms with van der Waals surface area (Å²) in [6, 6.07) is 7.60. The molecule has 0 fully saturated rings. The molecule has 0 saturated carbocycles. The number of aromatic nitrogens is 2. The van der Waals surface area contributed by atoms with Crippen LogP contribution in [-0.2, 0) is 6.42 Å². The summed E-state index contributed by atoms with van der Waals surface area (Å²) >= 11 is 1.58. The summed E-state index contributed by atoms with van der Waals surface area (Å²) in [6.07, 6.45) is 4.05. The Labute approximate surface area is 124 Å². The molecule has 2 N–H and O–H groups in total. The molecule has 0 aromatic carbocycles. The zero-order valence-electron chi connectivity index (χ0n) is 11.2. The van der Waals surface area contributed by atoms with E-state index in [2.05, 4.69) is 4.40 Å². The molecular formula is C15H13N3O2S. The summed E-state index contributed by atoms with van der Waals surface area (Å²) in [7, 11) is 0. The van der Waals surface area contributed by atoms with Crippen molar-refractivity contribution in [2.75, 3.05) is 6.54 Å². The smallest absolute Gasteiger partial charge is 0.195 e. The zero-order valence-corrected chi connectivity index (χ0v) is 12.0. The molecule has 0 radical (unpaired) electrons. The SMILES string of the molecule is NCCc1c(-c2ccco2)nc2scc(-c3ccco3)n12. The van der Waals surface area contributed by atoms with E-state index in [0.29, 0.717) is 6.54 Å². The van der Waals surface area contributed by atoms with Crippen molar-refractivity contribution in [2.45, 2.75) is 6.42 Å². The predicted molar refractivity (Wildman–Crippen MR) is 81.2 cm³/mol. The average molecular weight is 299 g/mol. The van der Waals surface area contributed by atoms with E-state index in [4.69, 9.17) is 19.6 Å². The molecule has 0 atom stereocenters. The van der Waals surface area contributed by atoms with Crippen LogP contribution in [0.5, 0.6) is 0 Å². The number of nitrogens with two attached hydrogens (primary N) is 1. The second-order valence-corrected chi connectivity index (χ2v) is 5.48. The van der Waals surface area contributed by atoms with Crippen LogP contribution in [0.2, 0.25) is 0 Å². The third-order valence-electron chi connectivity index (χ3n) is 3.37. The Morgan fingerprint density at radius 1 is 1.14 bits per heavy atom. The monoisotopic (exact) mass is 299 g/mol. The molecule has 4 aromatic heterocycles. The number of hydrogen-bond donors (Lipinski definition) is 1. The lowest BCUT2D eigenvalue weighted by molar-refractivity contribution is 0.577. The molecule has 0 unspecified atom stereocenters. The summed E-state index contributed by atoms with van der Waals surface area (Å²) in [5.41, 5.74) is 8.68. The van der Waals surface area contributed by atoms with Gasteiger partial charge in [0.2, 0.25) is 0 Å². The first-order chi connectivity index (χ1) is 10.4. The highest BCUT2D eigenvalue weighted by Crippen LogP contribution is 2.33. The van der Waals surface area contributed by atoms with Crippen LogP contribution in [0.3, 0.4) is 0 Å². The fourth-order valence-electron chi connectivity index (χ4n) is 2.49. The lowest BCUT2D eigenvalue weighted by Gasteiger charge is -2.03. The Bertz CT molecular complexity index is 857. The molecule has 106 valence electrons. The lowest BCUT2D eigenvalue weighted by atomic mass is 10.2. The van der Waals surface area contributed by atoms with Crippen molar-refractivity contribution in [2.24, 2.45) is 5.73 Å². The third-order valence-corrected chi connectivity index (χ3v) is 4.19. The summed E-state index contributed by atoms with van der Waals surface area (Å²) in [5, 5.41) is 2.05. The van der Waals surface area contributed by atoms with Crippen molar-refractivity contribution < 1.29 is 8.83 Å². The van der Waals surface area contributed by atoms with Gasteiger partial charge >= 0.3 is 0 Å². The average Bonchev–Trinajstić information content (AvgIpc) is 3.25. The molecule has 0 aliphatic rings. The summed E-state index contributed by atoms with van der Waals surface area (Å²) < 4.78 is 13.1. The van der Waals surface area contributed by atoms with Gasteiger partial charge < -0.3 is 14.6 Å². The van der Waals surface area contributed by atoms with Gasteiger partial charge in [0.25, 0.3) is 0 Å². The van der Waals surface area contributed by atoms with Crippen molar-refractivity contribution in [3.63, 3.8) is 0 Å². The van der Waals surface area contributed by atoms with Crippen molar-refractivity contribution in [1.82, 2.24) is 9.38 Å². The molecule has 6 heteroatoms. The Morgan fingerprint density at radius 3 is 2.57 bits per heavy atom. The maximum Gasteiger partial charge on any atom is 0.195 e. The standard InChI is InChI=1S/C15H13N3O2S/c16-6-5-10-14(13-4-2-8-20-13)17-15-18(10)11(9-21-15)12-3-1-7-19-12/h1-4,7-9H,5-6,16H2. The summed E-state index contributed by atoms with van der Waals surface area (Å²) in [4.78, 5) is 5.61. The number of fused-ring (bicyclic) bond motifs is 1. The van der Waals surface area contributed by atoms with Crippen LogP contribution in [0.4, 0.5) is 0 Å². The highest BCUT2D eigenvalue weighted by Gasteiger charge is 2.20. The van der Waals surface area contributed by atoms with Crippen molar-refractivity contribution in [1.29, 1.82) is 0 Å². The zero-order chi connectivity index (χ0) is 14.2. The first-order valence-electron chi connectivity index (χ1n) is 6.65. The number of hydrogen-bond acceptors (Lipinski definition) is 5. The molecule has 5 nitrogen and oxygen atoms in total. The maximum absolute atomic E-state index is 5.78. The second kappa shape index (κ2) is 4.91. The Hall–Kier alpha value is -2.31. The minimum Gasteiger partial charge on any atom is -0.463 e. The normalized spacial score (nSPS) is 11.5. The van der Waals surface area contributed by atoms with Crippen molar-refractivity contribution >= 4 is 16.3 Å². The number of rotatable bonds is 4. The second-order valence-electron chi connectivity index (χ2n) is 4.64. The van der Waals surface area contributed by atoms with Crippen LogP contribution >= 0.6 is 11.3 Å². The van der Waals surface area contributed by atoms with Crippen LogP contribution in [-0.4, -0.2) is 15.9 Å². The predicted octanol–water partition coefficient (Wildman–Crippen LogP) is 3.42. The van der Waals surface area contributed by atoms with Gasteiger partial charge in [-0.1, -0.05) is 0 Å². The molecule has 0 saturated heterocycles.